The van der Waals surface area contributed by atoms with Crippen molar-refractivity contribution < 1.29 is 26.7 Å². The second-order valence-electron chi connectivity index (χ2n) is 6.23. The van der Waals surface area contributed by atoms with E-state index in [1.54, 1.807) is 6.20 Å². The van der Waals surface area contributed by atoms with Crippen molar-refractivity contribution in [3.63, 3.8) is 0 Å². The van der Waals surface area contributed by atoms with Crippen molar-refractivity contribution in [2.24, 2.45) is 0 Å². The average Bonchev–Trinajstić information content (AvgIpc) is 3.24. The van der Waals surface area contributed by atoms with E-state index in [0.29, 0.717) is 12.6 Å². The fourth-order valence-corrected chi connectivity index (χ4v) is 2.79. The summed E-state index contributed by atoms with van der Waals surface area (Å²) in [6, 6.07) is 0. The maximum atomic E-state index is 14.4. The van der Waals surface area contributed by atoms with E-state index < -0.39 is 29.7 Å². The third-order valence-electron chi connectivity index (χ3n) is 4.32. The van der Waals surface area contributed by atoms with Crippen molar-refractivity contribution in [3.8, 4) is 11.4 Å². The summed E-state index contributed by atoms with van der Waals surface area (Å²) in [6.45, 7) is 0.318. The first-order valence-electron chi connectivity index (χ1n) is 8.01. The second-order valence-corrected chi connectivity index (χ2v) is 6.23. The van der Waals surface area contributed by atoms with E-state index in [9.17, 15) is 26.7 Å². The highest BCUT2D eigenvalue weighted by atomic mass is 19.3. The molecule has 0 bridgehead atoms. The van der Waals surface area contributed by atoms with Crippen LogP contribution in [-0.4, -0.2) is 42.3 Å². The predicted octanol–water partition coefficient (Wildman–Crippen LogP) is 2.77. The number of aromatic nitrogens is 5. The number of fused-ring (bicyclic) bond motifs is 2. The first-order valence-corrected chi connectivity index (χ1v) is 8.01. The molecule has 1 amide bonds. The van der Waals surface area contributed by atoms with E-state index in [-0.39, 0.29) is 29.2 Å². The summed E-state index contributed by atoms with van der Waals surface area (Å²) in [7, 11) is 0. The molecule has 3 aromatic rings. The monoisotopic (exact) mass is 398 g/mol. The number of amides is 1. The molecule has 0 saturated carbocycles. The van der Waals surface area contributed by atoms with Gasteiger partial charge in [0.2, 0.25) is 11.7 Å². The molecule has 4 rings (SSSR count). The van der Waals surface area contributed by atoms with E-state index >= 15 is 0 Å². The summed E-state index contributed by atoms with van der Waals surface area (Å²) in [6.07, 6.45) is 2.35. The van der Waals surface area contributed by atoms with Crippen molar-refractivity contribution >= 4 is 17.4 Å². The van der Waals surface area contributed by atoms with Gasteiger partial charge in [-0.15, -0.1) is 0 Å². The summed E-state index contributed by atoms with van der Waals surface area (Å²) >= 11 is 0. The maximum absolute atomic E-state index is 14.4. The molecule has 28 heavy (non-hydrogen) atoms. The Morgan fingerprint density at radius 2 is 1.96 bits per heavy atom. The minimum absolute atomic E-state index is 0.0364. The van der Waals surface area contributed by atoms with Crippen LogP contribution in [0.5, 0.6) is 0 Å². The zero-order valence-corrected chi connectivity index (χ0v) is 14.1. The van der Waals surface area contributed by atoms with Crippen molar-refractivity contribution in [3.05, 3.63) is 36.2 Å². The lowest BCUT2D eigenvalue weighted by atomic mass is 10.1. The van der Waals surface area contributed by atoms with Crippen LogP contribution in [0, 0.1) is 0 Å². The van der Waals surface area contributed by atoms with E-state index in [1.165, 1.54) is 23.0 Å². The Morgan fingerprint density at radius 1 is 1.21 bits per heavy atom. The molecule has 1 unspecified atom stereocenters. The van der Waals surface area contributed by atoms with Crippen molar-refractivity contribution in [1.82, 2.24) is 24.3 Å². The quantitative estimate of drug-likeness (QED) is 0.684. The normalized spacial score (nSPS) is 15.6. The third-order valence-corrected chi connectivity index (χ3v) is 4.32. The van der Waals surface area contributed by atoms with Gasteiger partial charge in [-0.05, 0) is 6.92 Å². The maximum Gasteiger partial charge on any atom is 0.371 e. The lowest BCUT2D eigenvalue weighted by Crippen LogP contribution is -2.45. The van der Waals surface area contributed by atoms with E-state index in [0.717, 1.165) is 0 Å². The van der Waals surface area contributed by atoms with Gasteiger partial charge in [0.25, 0.3) is 0 Å². The Labute approximate surface area is 153 Å². The van der Waals surface area contributed by atoms with Gasteiger partial charge in [-0.1, -0.05) is 0 Å². The first-order chi connectivity index (χ1) is 13.1. The highest BCUT2D eigenvalue weighted by molar-refractivity contribution is 5.99. The van der Waals surface area contributed by atoms with Gasteiger partial charge in [-0.3, -0.25) is 4.79 Å². The Bertz CT molecular complexity index is 1100. The summed E-state index contributed by atoms with van der Waals surface area (Å²) in [4.78, 5) is 26.7. The Morgan fingerprint density at radius 3 is 2.68 bits per heavy atom. The number of rotatable bonds is 4. The molecule has 1 aliphatic heterocycles. The fraction of sp³-hybridized carbons (Fsp3) is 0.312. The van der Waals surface area contributed by atoms with Crippen LogP contribution in [-0.2, 0) is 17.1 Å². The number of hydrogen-bond acceptors (Lipinski definition) is 5. The average molecular weight is 398 g/mol. The van der Waals surface area contributed by atoms with Gasteiger partial charge < -0.3 is 9.72 Å². The molecule has 1 aliphatic rings. The zero-order valence-electron chi connectivity index (χ0n) is 14.1. The summed E-state index contributed by atoms with van der Waals surface area (Å²) in [5.74, 6) is -12.6. The predicted molar refractivity (Wildman–Crippen MR) is 85.8 cm³/mol. The molecule has 1 atom stereocenters. The van der Waals surface area contributed by atoms with E-state index in [2.05, 4.69) is 25.3 Å². The lowest BCUT2D eigenvalue weighted by Gasteiger charge is -2.26. The van der Waals surface area contributed by atoms with Crippen molar-refractivity contribution in [2.75, 3.05) is 5.32 Å². The van der Waals surface area contributed by atoms with Crippen molar-refractivity contribution in [1.29, 1.82) is 0 Å². The number of halogens is 5. The number of hydrogen-bond donors (Lipinski definition) is 1. The van der Waals surface area contributed by atoms with Gasteiger partial charge in [0.15, 0.2) is 11.8 Å². The topological polar surface area (TPSA) is 85.1 Å². The van der Waals surface area contributed by atoms with Crippen LogP contribution in [0.15, 0.2) is 24.8 Å². The molecule has 4 heterocycles. The molecule has 3 aromatic heterocycles. The van der Waals surface area contributed by atoms with Crippen molar-refractivity contribution in [2.45, 2.75) is 31.4 Å². The van der Waals surface area contributed by atoms with Crippen LogP contribution in [0.1, 0.15) is 18.3 Å². The summed E-state index contributed by atoms with van der Waals surface area (Å²) in [5.41, 5.74) is 0.394. The number of carbonyl (C=O) groups is 1. The van der Waals surface area contributed by atoms with Gasteiger partial charge in [-0.25, -0.2) is 24.3 Å². The van der Waals surface area contributed by atoms with Crippen LogP contribution in [0.3, 0.4) is 0 Å². The van der Waals surface area contributed by atoms with E-state index in [1.807, 2.05) is 0 Å². The summed E-state index contributed by atoms with van der Waals surface area (Å²) in [5, 5.41) is 2.22. The van der Waals surface area contributed by atoms with Crippen LogP contribution < -0.4 is 5.32 Å². The Kier molecular flexibility index (Phi) is 3.84. The highest BCUT2D eigenvalue weighted by Crippen LogP contribution is 2.46. The van der Waals surface area contributed by atoms with Gasteiger partial charge >= 0.3 is 11.8 Å². The molecular formula is C16H11F5N6O. The van der Waals surface area contributed by atoms with Crippen LogP contribution in [0.4, 0.5) is 27.8 Å². The molecule has 146 valence electrons. The smallest absolute Gasteiger partial charge is 0.310 e. The molecule has 0 aliphatic carbocycles. The van der Waals surface area contributed by atoms with Crippen LogP contribution in [0.25, 0.3) is 17.0 Å². The molecular weight excluding hydrogens is 387 g/mol. The van der Waals surface area contributed by atoms with Gasteiger partial charge in [0, 0.05) is 24.2 Å². The lowest BCUT2D eigenvalue weighted by molar-refractivity contribution is -0.246. The highest BCUT2D eigenvalue weighted by Gasteiger charge is 2.63. The number of anilines is 1. The largest absolute Gasteiger partial charge is 0.371 e. The summed E-state index contributed by atoms with van der Waals surface area (Å²) < 4.78 is 71.1. The molecule has 0 spiro atoms. The zero-order chi connectivity index (χ0) is 20.3. The third kappa shape index (κ3) is 2.59. The molecule has 0 radical (unpaired) electrons. The van der Waals surface area contributed by atoms with Gasteiger partial charge in [-0.2, -0.15) is 17.6 Å². The molecule has 12 heteroatoms. The second kappa shape index (κ2) is 5.91. The Hall–Kier alpha value is -3.18. The molecule has 7 nitrogen and oxygen atoms in total. The molecule has 1 N–H and O–H groups in total. The molecule has 0 saturated heterocycles. The number of nitrogens with one attached hydrogen (secondary N) is 1. The van der Waals surface area contributed by atoms with E-state index in [4.69, 9.17) is 0 Å². The minimum atomic E-state index is -5.05. The number of nitrogens with zero attached hydrogens (tertiary/aromatic N) is 5. The van der Waals surface area contributed by atoms with Gasteiger partial charge in [0.05, 0.1) is 18.3 Å². The standard InChI is InChI=1S/C16H11F5N6O/c1-7(17)15(18,19)16(20,21)14-25-12(8-4-11(28)24-13(8)26-14)9-6-27-3-2-22-10(27)5-23-9/h2-3,5-7H,4H2,1H3,(H,24,25,26,28). The molecule has 0 fully saturated rings. The minimum Gasteiger partial charge on any atom is -0.310 e. The SMILES string of the molecule is CC(F)C(F)(F)C(F)(F)c1nc2c(c(-c3cn4ccnc4cn3)n1)CC(=O)N2. The number of alkyl halides is 5. The number of carbonyl (C=O) groups excluding carboxylic acids is 1. The number of imidazole rings is 1. The van der Waals surface area contributed by atoms with Crippen LogP contribution >= 0.6 is 0 Å². The first kappa shape index (κ1) is 18.2. The van der Waals surface area contributed by atoms with Gasteiger partial charge in [0.1, 0.15) is 11.5 Å². The molecule has 0 aromatic carbocycles. The fourth-order valence-electron chi connectivity index (χ4n) is 2.79. The van der Waals surface area contributed by atoms with Crippen LogP contribution in [0.2, 0.25) is 0 Å². The Balaban J connectivity index is 1.93.